The SMILES string of the molecule is O=C(Nc1ccc(-c2ccco2)c2c1C(=O)NC2)c1ccc(NCCN2CCCC2)cc1. The molecule has 0 bridgehead atoms. The van der Waals surface area contributed by atoms with Crippen molar-refractivity contribution in [1.29, 1.82) is 0 Å². The van der Waals surface area contributed by atoms with Gasteiger partial charge in [0.25, 0.3) is 11.8 Å². The van der Waals surface area contributed by atoms with Gasteiger partial charge in [0.15, 0.2) is 0 Å². The summed E-state index contributed by atoms with van der Waals surface area (Å²) in [5, 5.41) is 9.16. The number of likely N-dealkylation sites (tertiary alicyclic amines) is 1. The molecule has 2 aliphatic heterocycles. The third-order valence-corrected chi connectivity index (χ3v) is 6.10. The number of fused-ring (bicyclic) bond motifs is 1. The molecule has 3 heterocycles. The molecule has 2 aliphatic rings. The Morgan fingerprint density at radius 2 is 1.88 bits per heavy atom. The highest BCUT2D eigenvalue weighted by molar-refractivity contribution is 6.11. The molecule has 0 saturated carbocycles. The van der Waals surface area contributed by atoms with Crippen molar-refractivity contribution in [3.63, 3.8) is 0 Å². The molecule has 0 atom stereocenters. The van der Waals surface area contributed by atoms with Crippen molar-refractivity contribution in [2.75, 3.05) is 36.8 Å². The summed E-state index contributed by atoms with van der Waals surface area (Å²) >= 11 is 0. The number of rotatable bonds is 7. The number of hydrogen-bond acceptors (Lipinski definition) is 5. The van der Waals surface area contributed by atoms with Gasteiger partial charge in [0, 0.05) is 36.4 Å². The number of anilines is 2. The summed E-state index contributed by atoms with van der Waals surface area (Å²) < 4.78 is 5.50. The molecule has 0 spiro atoms. The van der Waals surface area contributed by atoms with Crippen molar-refractivity contribution < 1.29 is 14.0 Å². The van der Waals surface area contributed by atoms with Crippen molar-refractivity contribution in [2.45, 2.75) is 19.4 Å². The average Bonchev–Trinajstić information content (AvgIpc) is 3.57. The lowest BCUT2D eigenvalue weighted by atomic mass is 9.99. The molecule has 7 heteroatoms. The topological polar surface area (TPSA) is 86.6 Å². The number of nitrogens with one attached hydrogen (secondary N) is 3. The smallest absolute Gasteiger partial charge is 0.255 e. The zero-order chi connectivity index (χ0) is 21.9. The molecule has 3 aromatic rings. The van der Waals surface area contributed by atoms with Crippen molar-refractivity contribution in [2.24, 2.45) is 0 Å². The highest BCUT2D eigenvalue weighted by Crippen LogP contribution is 2.34. The number of nitrogens with zero attached hydrogens (tertiary/aromatic N) is 1. The molecule has 7 nitrogen and oxygen atoms in total. The number of furan rings is 1. The fourth-order valence-electron chi connectivity index (χ4n) is 4.41. The lowest BCUT2D eigenvalue weighted by molar-refractivity contribution is 0.0966. The van der Waals surface area contributed by atoms with Gasteiger partial charge < -0.3 is 25.3 Å². The van der Waals surface area contributed by atoms with Crippen molar-refractivity contribution in [1.82, 2.24) is 10.2 Å². The van der Waals surface area contributed by atoms with Gasteiger partial charge in [-0.3, -0.25) is 9.59 Å². The van der Waals surface area contributed by atoms with Crippen LogP contribution in [0.25, 0.3) is 11.3 Å². The van der Waals surface area contributed by atoms with Gasteiger partial charge in [0.1, 0.15) is 5.76 Å². The van der Waals surface area contributed by atoms with E-state index in [1.165, 1.54) is 25.9 Å². The minimum absolute atomic E-state index is 0.193. The van der Waals surface area contributed by atoms with Crippen LogP contribution >= 0.6 is 0 Å². The van der Waals surface area contributed by atoms with E-state index in [0.29, 0.717) is 29.1 Å². The molecule has 0 unspecified atom stereocenters. The summed E-state index contributed by atoms with van der Waals surface area (Å²) in [7, 11) is 0. The predicted molar refractivity (Wildman–Crippen MR) is 124 cm³/mol. The number of hydrogen-bond donors (Lipinski definition) is 3. The van der Waals surface area contributed by atoms with Crippen LogP contribution in [0.1, 0.15) is 39.1 Å². The molecule has 0 radical (unpaired) electrons. The van der Waals surface area contributed by atoms with Crippen LogP contribution in [0.4, 0.5) is 11.4 Å². The van der Waals surface area contributed by atoms with Crippen molar-refractivity contribution in [3.8, 4) is 11.3 Å². The quantitative estimate of drug-likeness (QED) is 0.528. The van der Waals surface area contributed by atoms with E-state index in [9.17, 15) is 9.59 Å². The summed E-state index contributed by atoms with van der Waals surface area (Å²) in [5.74, 6) is 0.256. The number of benzene rings is 2. The first kappa shape index (κ1) is 20.3. The van der Waals surface area contributed by atoms with E-state index in [1.807, 2.05) is 30.3 Å². The first-order chi connectivity index (χ1) is 15.7. The van der Waals surface area contributed by atoms with Gasteiger partial charge in [-0.15, -0.1) is 0 Å². The molecular formula is C25H26N4O3. The largest absolute Gasteiger partial charge is 0.464 e. The zero-order valence-corrected chi connectivity index (χ0v) is 17.8. The molecule has 3 N–H and O–H groups in total. The van der Waals surface area contributed by atoms with Crippen LogP contribution in [0, 0.1) is 0 Å². The molecule has 2 amide bonds. The Bertz CT molecular complexity index is 1120. The van der Waals surface area contributed by atoms with Crippen LogP contribution in [-0.4, -0.2) is 42.9 Å². The predicted octanol–water partition coefficient (Wildman–Crippen LogP) is 3.95. The van der Waals surface area contributed by atoms with Crippen molar-refractivity contribution in [3.05, 3.63) is 71.5 Å². The molecule has 0 aliphatic carbocycles. The molecule has 32 heavy (non-hydrogen) atoms. The van der Waals surface area contributed by atoms with Crippen LogP contribution in [0.15, 0.2) is 59.2 Å². The second kappa shape index (κ2) is 8.88. The normalized spacial score (nSPS) is 15.4. The molecule has 1 fully saturated rings. The minimum atomic E-state index is -0.249. The number of carbonyl (C=O) groups excluding carboxylic acids is 2. The standard InChI is InChI=1S/C25H26N4O3/c30-24(17-5-7-18(8-6-17)26-11-14-29-12-1-2-13-29)28-21-10-9-19(22-4-3-15-32-22)20-16-27-25(31)23(20)21/h3-10,15,26H,1-2,11-14,16H2,(H,27,31)(H,28,30). The maximum Gasteiger partial charge on any atom is 0.255 e. The summed E-state index contributed by atoms with van der Waals surface area (Å²) in [5.41, 5.74) is 4.21. The third kappa shape index (κ3) is 4.11. The lowest BCUT2D eigenvalue weighted by Gasteiger charge is -2.15. The molecular weight excluding hydrogens is 404 g/mol. The molecule has 164 valence electrons. The highest BCUT2D eigenvalue weighted by Gasteiger charge is 2.27. The first-order valence-electron chi connectivity index (χ1n) is 11.0. The fourth-order valence-corrected chi connectivity index (χ4v) is 4.41. The second-order valence-corrected chi connectivity index (χ2v) is 8.18. The highest BCUT2D eigenvalue weighted by atomic mass is 16.3. The maximum absolute atomic E-state index is 12.8. The van der Waals surface area contributed by atoms with E-state index in [2.05, 4.69) is 20.9 Å². The van der Waals surface area contributed by atoms with Crippen LogP contribution in [0.3, 0.4) is 0 Å². The van der Waals surface area contributed by atoms with Crippen LogP contribution < -0.4 is 16.0 Å². The van der Waals surface area contributed by atoms with E-state index in [1.54, 1.807) is 24.5 Å². The van der Waals surface area contributed by atoms with Gasteiger partial charge in [0.05, 0.1) is 17.5 Å². The monoisotopic (exact) mass is 430 g/mol. The first-order valence-corrected chi connectivity index (χ1v) is 11.0. The summed E-state index contributed by atoms with van der Waals surface area (Å²) in [6.07, 6.45) is 4.19. The van der Waals surface area contributed by atoms with Crippen LogP contribution in [-0.2, 0) is 6.54 Å². The number of amides is 2. The third-order valence-electron chi connectivity index (χ3n) is 6.10. The van der Waals surface area contributed by atoms with Crippen LogP contribution in [0.2, 0.25) is 0 Å². The molecule has 1 saturated heterocycles. The molecule has 5 rings (SSSR count). The Balaban J connectivity index is 1.27. The lowest BCUT2D eigenvalue weighted by Crippen LogP contribution is -2.25. The summed E-state index contributed by atoms with van der Waals surface area (Å²) in [6, 6.07) is 14.7. The van der Waals surface area contributed by atoms with E-state index < -0.39 is 0 Å². The Morgan fingerprint density at radius 1 is 1.06 bits per heavy atom. The van der Waals surface area contributed by atoms with Gasteiger partial charge >= 0.3 is 0 Å². The summed E-state index contributed by atoms with van der Waals surface area (Å²) in [4.78, 5) is 27.8. The Hall–Kier alpha value is -3.58. The van der Waals surface area contributed by atoms with Gasteiger partial charge in [-0.25, -0.2) is 0 Å². The maximum atomic E-state index is 12.8. The van der Waals surface area contributed by atoms with Crippen LogP contribution in [0.5, 0.6) is 0 Å². The Kier molecular flexibility index (Phi) is 5.64. The Labute approximate surface area is 186 Å². The van der Waals surface area contributed by atoms with Crippen molar-refractivity contribution >= 4 is 23.2 Å². The molecule has 2 aromatic carbocycles. The van der Waals surface area contributed by atoms with E-state index in [-0.39, 0.29) is 11.8 Å². The van der Waals surface area contributed by atoms with E-state index >= 15 is 0 Å². The zero-order valence-electron chi connectivity index (χ0n) is 17.8. The Morgan fingerprint density at radius 3 is 2.62 bits per heavy atom. The van der Waals surface area contributed by atoms with Gasteiger partial charge in [-0.2, -0.15) is 0 Å². The molecule has 1 aromatic heterocycles. The van der Waals surface area contributed by atoms with Gasteiger partial charge in [0.2, 0.25) is 0 Å². The fraction of sp³-hybridized carbons (Fsp3) is 0.280. The second-order valence-electron chi connectivity index (χ2n) is 8.18. The van der Waals surface area contributed by atoms with Gasteiger partial charge in [-0.05, 0) is 80.0 Å². The average molecular weight is 431 g/mol. The van der Waals surface area contributed by atoms with E-state index in [0.717, 1.165) is 29.9 Å². The van der Waals surface area contributed by atoms with E-state index in [4.69, 9.17) is 4.42 Å². The van der Waals surface area contributed by atoms with Gasteiger partial charge in [-0.1, -0.05) is 0 Å². The number of carbonyl (C=O) groups is 2. The minimum Gasteiger partial charge on any atom is -0.464 e. The summed E-state index contributed by atoms with van der Waals surface area (Å²) in [6.45, 7) is 4.69.